The Kier molecular flexibility index (Phi) is 3.27. The quantitative estimate of drug-likeness (QED) is 0.739. The third-order valence-electron chi connectivity index (χ3n) is 4.03. The Labute approximate surface area is 119 Å². The largest absolute Gasteiger partial charge is 0.456 e. The molecule has 1 N–H and O–H groups in total. The van der Waals surface area contributed by atoms with E-state index in [1.54, 1.807) is 0 Å². The molecule has 1 heterocycles. The Morgan fingerprint density at radius 2 is 1.45 bits per heavy atom. The van der Waals surface area contributed by atoms with Crippen molar-refractivity contribution in [3.05, 3.63) is 47.5 Å². The molecule has 0 saturated carbocycles. The van der Waals surface area contributed by atoms with Crippen molar-refractivity contribution < 1.29 is 9.52 Å². The maximum Gasteiger partial charge on any atom is 0.135 e. The number of fused-ring (bicyclic) bond motifs is 3. The number of hydrogen-bond acceptors (Lipinski definition) is 2. The van der Waals surface area contributed by atoms with E-state index in [2.05, 4.69) is 38.1 Å². The van der Waals surface area contributed by atoms with E-state index in [0.29, 0.717) is 5.92 Å². The van der Waals surface area contributed by atoms with Crippen LogP contribution in [0.3, 0.4) is 0 Å². The summed E-state index contributed by atoms with van der Waals surface area (Å²) in [7, 11) is 0. The summed E-state index contributed by atoms with van der Waals surface area (Å²) >= 11 is 0. The van der Waals surface area contributed by atoms with Crippen LogP contribution in [0.15, 0.2) is 40.8 Å². The molecule has 20 heavy (non-hydrogen) atoms. The van der Waals surface area contributed by atoms with Gasteiger partial charge in [-0.2, -0.15) is 0 Å². The van der Waals surface area contributed by atoms with Crippen LogP contribution in [-0.2, 0) is 0 Å². The summed E-state index contributed by atoms with van der Waals surface area (Å²) < 4.78 is 5.89. The van der Waals surface area contributed by atoms with Gasteiger partial charge < -0.3 is 9.52 Å². The first-order valence-electron chi connectivity index (χ1n) is 7.17. The van der Waals surface area contributed by atoms with Gasteiger partial charge in [0.1, 0.15) is 11.2 Å². The van der Waals surface area contributed by atoms with E-state index < -0.39 is 0 Å². The summed E-state index contributed by atoms with van der Waals surface area (Å²) in [6.45, 7) is 6.59. The van der Waals surface area contributed by atoms with Crippen molar-refractivity contribution in [1.82, 2.24) is 0 Å². The fourth-order valence-electron chi connectivity index (χ4n) is 2.58. The smallest absolute Gasteiger partial charge is 0.135 e. The van der Waals surface area contributed by atoms with Crippen molar-refractivity contribution in [3.8, 4) is 0 Å². The van der Waals surface area contributed by atoms with Gasteiger partial charge in [-0.25, -0.2) is 0 Å². The van der Waals surface area contributed by atoms with Gasteiger partial charge in [-0.3, -0.25) is 0 Å². The zero-order valence-electron chi connectivity index (χ0n) is 12.2. The first kappa shape index (κ1) is 13.2. The second kappa shape index (κ2) is 4.95. The fourth-order valence-corrected chi connectivity index (χ4v) is 2.58. The molecule has 0 spiro atoms. The van der Waals surface area contributed by atoms with Gasteiger partial charge in [0, 0.05) is 23.3 Å². The molecule has 0 aliphatic rings. The number of aliphatic hydroxyl groups excluding tert-OH is 1. The van der Waals surface area contributed by atoms with E-state index in [1.165, 1.54) is 5.56 Å². The maximum atomic E-state index is 9.32. The van der Waals surface area contributed by atoms with Gasteiger partial charge >= 0.3 is 0 Å². The zero-order chi connectivity index (χ0) is 14.3. The van der Waals surface area contributed by atoms with Crippen LogP contribution in [-0.4, -0.2) is 11.7 Å². The van der Waals surface area contributed by atoms with E-state index in [1.807, 2.05) is 19.1 Å². The van der Waals surface area contributed by atoms with Gasteiger partial charge in [0.25, 0.3) is 0 Å². The molecule has 1 unspecified atom stereocenters. The summed E-state index contributed by atoms with van der Waals surface area (Å²) in [6, 6.07) is 12.6. The van der Waals surface area contributed by atoms with Gasteiger partial charge in [-0.05, 0) is 41.3 Å². The van der Waals surface area contributed by atoms with Crippen LogP contribution in [0, 0.1) is 0 Å². The summed E-state index contributed by atoms with van der Waals surface area (Å²) in [6.07, 6.45) is 0. The molecule has 104 valence electrons. The predicted molar refractivity (Wildman–Crippen MR) is 83.3 cm³/mol. The second-order valence-corrected chi connectivity index (χ2v) is 5.85. The molecular weight excluding hydrogens is 248 g/mol. The third kappa shape index (κ3) is 2.10. The number of furan rings is 1. The fraction of sp³-hybridized carbons (Fsp3) is 0.333. The van der Waals surface area contributed by atoms with Gasteiger partial charge in [0.2, 0.25) is 0 Å². The molecule has 0 saturated heterocycles. The Morgan fingerprint density at radius 1 is 0.900 bits per heavy atom. The highest BCUT2D eigenvalue weighted by Gasteiger charge is 2.11. The molecule has 1 atom stereocenters. The molecule has 0 fully saturated rings. The Balaban J connectivity index is 2.25. The first-order valence-corrected chi connectivity index (χ1v) is 7.17. The maximum absolute atomic E-state index is 9.32. The van der Waals surface area contributed by atoms with E-state index >= 15 is 0 Å². The topological polar surface area (TPSA) is 33.4 Å². The minimum absolute atomic E-state index is 0.151. The van der Waals surface area contributed by atoms with Crippen LogP contribution in [0.1, 0.15) is 43.7 Å². The molecule has 3 aromatic rings. The highest BCUT2D eigenvalue weighted by atomic mass is 16.3. The van der Waals surface area contributed by atoms with Gasteiger partial charge in [0.15, 0.2) is 0 Å². The molecule has 0 aliphatic carbocycles. The van der Waals surface area contributed by atoms with Gasteiger partial charge in [-0.15, -0.1) is 0 Å². The summed E-state index contributed by atoms with van der Waals surface area (Å²) in [5.41, 5.74) is 4.31. The lowest BCUT2D eigenvalue weighted by Crippen LogP contribution is -1.97. The van der Waals surface area contributed by atoms with Crippen LogP contribution in [0.2, 0.25) is 0 Å². The van der Waals surface area contributed by atoms with E-state index in [9.17, 15) is 5.11 Å². The minimum Gasteiger partial charge on any atom is -0.456 e. The van der Waals surface area contributed by atoms with Gasteiger partial charge in [-0.1, -0.05) is 32.9 Å². The molecule has 3 rings (SSSR count). The summed E-state index contributed by atoms with van der Waals surface area (Å²) in [5.74, 6) is 0.654. The van der Waals surface area contributed by atoms with Crippen LogP contribution < -0.4 is 0 Å². The van der Waals surface area contributed by atoms with Crippen LogP contribution in [0.5, 0.6) is 0 Å². The van der Waals surface area contributed by atoms with Crippen LogP contribution >= 0.6 is 0 Å². The van der Waals surface area contributed by atoms with Crippen LogP contribution in [0.4, 0.5) is 0 Å². The minimum atomic E-state index is 0.151. The molecule has 1 aromatic heterocycles. The predicted octanol–water partition coefficient (Wildman–Crippen LogP) is 4.81. The normalized spacial score (nSPS) is 13.4. The summed E-state index contributed by atoms with van der Waals surface area (Å²) in [4.78, 5) is 0. The van der Waals surface area contributed by atoms with Crippen LogP contribution in [0.25, 0.3) is 21.9 Å². The van der Waals surface area contributed by atoms with Gasteiger partial charge in [0.05, 0.1) is 0 Å². The van der Waals surface area contributed by atoms with E-state index in [-0.39, 0.29) is 12.5 Å². The number of aliphatic hydroxyl groups is 1. The lowest BCUT2D eigenvalue weighted by atomic mass is 9.98. The molecule has 0 amide bonds. The summed E-state index contributed by atoms with van der Waals surface area (Å²) in [5, 5.41) is 11.6. The molecule has 2 nitrogen and oxygen atoms in total. The first-order chi connectivity index (χ1) is 9.60. The Hall–Kier alpha value is -1.80. The van der Waals surface area contributed by atoms with Crippen molar-refractivity contribution in [3.63, 3.8) is 0 Å². The molecular formula is C18H20O2. The highest BCUT2D eigenvalue weighted by molar-refractivity contribution is 6.05. The third-order valence-corrected chi connectivity index (χ3v) is 4.03. The average Bonchev–Trinajstić information content (AvgIpc) is 2.83. The van der Waals surface area contributed by atoms with Crippen molar-refractivity contribution >= 4 is 21.9 Å². The average molecular weight is 268 g/mol. The van der Waals surface area contributed by atoms with Crippen molar-refractivity contribution in [2.45, 2.75) is 32.6 Å². The van der Waals surface area contributed by atoms with Crippen molar-refractivity contribution in [2.75, 3.05) is 6.61 Å². The lowest BCUT2D eigenvalue weighted by molar-refractivity contribution is 0.273. The number of rotatable bonds is 3. The molecule has 0 bridgehead atoms. The zero-order valence-corrected chi connectivity index (χ0v) is 12.2. The van der Waals surface area contributed by atoms with Crippen molar-refractivity contribution in [1.29, 1.82) is 0 Å². The number of benzene rings is 2. The Bertz CT molecular complexity index is 753. The standard InChI is InChI=1S/C18H20O2/c1-11(2)13-4-6-17-15(8-13)16-9-14(12(3)10-19)5-7-18(16)20-17/h4-9,11-12,19H,10H2,1-3H3. The second-order valence-electron chi connectivity index (χ2n) is 5.85. The monoisotopic (exact) mass is 268 g/mol. The SMILES string of the molecule is CC(C)c1ccc2oc3ccc(C(C)CO)cc3c2c1. The van der Waals surface area contributed by atoms with E-state index in [0.717, 1.165) is 27.5 Å². The van der Waals surface area contributed by atoms with Crippen molar-refractivity contribution in [2.24, 2.45) is 0 Å². The molecule has 2 aromatic carbocycles. The number of hydrogen-bond donors (Lipinski definition) is 1. The lowest BCUT2D eigenvalue weighted by Gasteiger charge is -2.07. The highest BCUT2D eigenvalue weighted by Crippen LogP contribution is 2.33. The Morgan fingerprint density at radius 3 is 2.00 bits per heavy atom. The molecule has 0 radical (unpaired) electrons. The molecule has 0 aliphatic heterocycles. The van der Waals surface area contributed by atoms with E-state index in [4.69, 9.17) is 4.42 Å². The molecule has 2 heteroatoms.